The second kappa shape index (κ2) is 15.0. The number of aromatic amines is 1. The molecule has 16 nitrogen and oxygen atoms in total. The Labute approximate surface area is 278 Å². The van der Waals surface area contributed by atoms with Gasteiger partial charge in [-0.05, 0) is 52.6 Å². The summed E-state index contributed by atoms with van der Waals surface area (Å²) < 4.78 is 5.59. The molecule has 0 bridgehead atoms. The number of nitrogens with one attached hydrogen (secondary N) is 3. The van der Waals surface area contributed by atoms with Gasteiger partial charge in [-0.25, -0.2) is 4.98 Å². The summed E-state index contributed by atoms with van der Waals surface area (Å²) in [5.74, 6) is -1.84. The van der Waals surface area contributed by atoms with Crippen LogP contribution in [0.1, 0.15) is 38.1 Å². The number of ether oxygens (including phenoxy) is 1. The van der Waals surface area contributed by atoms with Crippen LogP contribution in [0.25, 0.3) is 21.8 Å². The third kappa shape index (κ3) is 7.74. The van der Waals surface area contributed by atoms with Crippen molar-refractivity contribution in [3.8, 4) is 11.4 Å². The minimum absolute atomic E-state index is 0.00812. The summed E-state index contributed by atoms with van der Waals surface area (Å²) >= 11 is 0. The van der Waals surface area contributed by atoms with E-state index in [1.165, 1.54) is 17.0 Å². The van der Waals surface area contributed by atoms with E-state index >= 15 is 0 Å². The first kappa shape index (κ1) is 32.5. The van der Waals surface area contributed by atoms with Crippen LogP contribution in [0.4, 0.5) is 11.4 Å². The number of aliphatic hydroxyl groups excluding tert-OH is 1. The number of nitrogens with zero attached hydrogens (tertiary/aromatic N) is 8. The highest BCUT2D eigenvalue weighted by Crippen LogP contribution is 2.28. The zero-order chi connectivity index (χ0) is 34.2. The molecule has 0 spiro atoms. The summed E-state index contributed by atoms with van der Waals surface area (Å²) in [7, 11) is 0. The van der Waals surface area contributed by atoms with Crippen molar-refractivity contribution in [2.45, 2.75) is 24.6 Å². The summed E-state index contributed by atoms with van der Waals surface area (Å²) in [6.07, 6.45) is -1.66. The number of carbonyl (C=O) groups is 3. The van der Waals surface area contributed by atoms with Crippen LogP contribution in [0.2, 0.25) is 0 Å². The molecular weight excluding hydrogens is 630 g/mol. The lowest BCUT2D eigenvalue weighted by Crippen LogP contribution is -2.50. The van der Waals surface area contributed by atoms with E-state index in [0.717, 1.165) is 11.1 Å². The van der Waals surface area contributed by atoms with Crippen LogP contribution in [0.5, 0.6) is 0 Å². The molecular formula is C33H29N11O5. The molecule has 6 rings (SSSR count). The molecule has 4 N–H and O–H groups in total. The Kier molecular flexibility index (Phi) is 9.91. The Bertz CT molecular complexity index is 1990. The van der Waals surface area contributed by atoms with Crippen molar-refractivity contribution in [3.05, 3.63) is 130 Å². The van der Waals surface area contributed by atoms with Crippen molar-refractivity contribution < 1.29 is 24.2 Å². The molecule has 49 heavy (non-hydrogen) atoms. The highest BCUT2D eigenvalue weighted by molar-refractivity contribution is 5.99. The summed E-state index contributed by atoms with van der Waals surface area (Å²) in [4.78, 5) is 49.4. The minimum Gasteiger partial charge on any atom is -0.381 e. The molecule has 0 aliphatic carbocycles. The maximum atomic E-state index is 13.7. The average Bonchev–Trinajstić information content (AvgIpc) is 3.85. The van der Waals surface area contributed by atoms with E-state index in [0.29, 0.717) is 17.1 Å². The normalized spacial score (nSPS) is 15.1. The Balaban J connectivity index is 1.25. The number of aliphatic hydroxyl groups is 1. The van der Waals surface area contributed by atoms with E-state index in [4.69, 9.17) is 10.3 Å². The van der Waals surface area contributed by atoms with Crippen LogP contribution in [-0.4, -0.2) is 78.8 Å². The van der Waals surface area contributed by atoms with Gasteiger partial charge in [-0.15, -0.1) is 10.2 Å². The van der Waals surface area contributed by atoms with Crippen molar-refractivity contribution in [2.24, 2.45) is 5.11 Å². The van der Waals surface area contributed by atoms with Gasteiger partial charge in [0.2, 0.25) is 5.82 Å². The molecule has 1 aliphatic rings. The lowest BCUT2D eigenvalue weighted by Gasteiger charge is -2.24. The largest absolute Gasteiger partial charge is 0.381 e. The van der Waals surface area contributed by atoms with Crippen molar-refractivity contribution in [1.29, 1.82) is 0 Å². The smallest absolute Gasteiger partial charge is 0.274 e. The van der Waals surface area contributed by atoms with Gasteiger partial charge in [-0.1, -0.05) is 77.9 Å². The number of aromatic nitrogens is 5. The van der Waals surface area contributed by atoms with E-state index in [1.807, 2.05) is 36.4 Å². The number of pyridine rings is 1. The Hall–Kier alpha value is -6.48. The van der Waals surface area contributed by atoms with E-state index < -0.39 is 35.9 Å². The van der Waals surface area contributed by atoms with Crippen LogP contribution < -0.4 is 10.6 Å². The fourth-order valence-corrected chi connectivity index (χ4v) is 5.36. The quantitative estimate of drug-likeness (QED) is 0.0920. The number of tetrazole rings is 1. The molecule has 1 saturated heterocycles. The average molecular weight is 660 g/mol. The van der Waals surface area contributed by atoms with Crippen LogP contribution in [-0.2, 0) is 16.0 Å². The van der Waals surface area contributed by atoms with Gasteiger partial charge in [-0.3, -0.25) is 14.4 Å². The predicted molar refractivity (Wildman–Crippen MR) is 175 cm³/mol. The second-order valence-corrected chi connectivity index (χ2v) is 11.0. The van der Waals surface area contributed by atoms with Gasteiger partial charge in [0.15, 0.2) is 6.10 Å². The minimum atomic E-state index is -1.73. The number of carbonyl (C=O) groups excluding carboxylic acids is 3. The SMILES string of the molecule is [N-]=[N+]=Nc1cc(C(=O)N[C@@H](Cc2ccccc2)[C@H](O)C(=O)Nc2cccc(-c3nn[nH]n3)c2)nc(C(=O)N2COC[C@@H]2c2ccccc2)c1. The number of benzene rings is 3. The maximum Gasteiger partial charge on any atom is 0.274 e. The first-order valence-corrected chi connectivity index (χ1v) is 15.1. The fraction of sp³-hybridized carbons (Fsp3) is 0.182. The van der Waals surface area contributed by atoms with Crippen molar-refractivity contribution in [2.75, 3.05) is 18.7 Å². The van der Waals surface area contributed by atoms with E-state index in [-0.39, 0.29) is 36.8 Å². The highest BCUT2D eigenvalue weighted by atomic mass is 16.5. The highest BCUT2D eigenvalue weighted by Gasteiger charge is 2.33. The van der Waals surface area contributed by atoms with Gasteiger partial charge in [0, 0.05) is 21.8 Å². The molecule has 0 unspecified atom stereocenters. The lowest BCUT2D eigenvalue weighted by atomic mass is 10.00. The standard InChI is InChI=1S/C33H29N11O5/c34-41-38-24-16-26(36-27(17-24)33(48)44-19-49-18-28(44)21-10-5-2-6-11-21)31(46)37-25(14-20-8-3-1-4-9-20)29(45)32(47)35-23-13-7-12-22(15-23)30-39-42-43-40-30/h1-13,15-17,25,28-29,45H,14,18-19H2,(H,35,47)(H,37,46)(H,39,40,42,43)/t25-,28+,29-/m0/s1. The Morgan fingerprint density at radius 2 is 1.78 bits per heavy atom. The van der Waals surface area contributed by atoms with Gasteiger partial charge in [0.05, 0.1) is 18.7 Å². The number of hydrogen-bond acceptors (Lipinski definition) is 10. The lowest BCUT2D eigenvalue weighted by molar-refractivity contribution is -0.125. The third-order valence-electron chi connectivity index (χ3n) is 7.75. The van der Waals surface area contributed by atoms with E-state index in [1.54, 1.807) is 48.5 Å². The topological polar surface area (TPSA) is 224 Å². The van der Waals surface area contributed by atoms with Crippen molar-refractivity contribution in [3.63, 3.8) is 0 Å². The van der Waals surface area contributed by atoms with Crippen LogP contribution in [0, 0.1) is 0 Å². The summed E-state index contributed by atoms with van der Waals surface area (Å²) in [5, 5.41) is 34.0. The Morgan fingerprint density at radius 1 is 1.02 bits per heavy atom. The van der Waals surface area contributed by atoms with Crippen molar-refractivity contribution >= 4 is 29.1 Å². The summed E-state index contributed by atoms with van der Waals surface area (Å²) in [5.41, 5.74) is 11.2. The van der Waals surface area contributed by atoms with Crippen LogP contribution >= 0.6 is 0 Å². The van der Waals surface area contributed by atoms with Gasteiger partial charge < -0.3 is 25.4 Å². The number of H-pyrrole nitrogens is 1. The third-order valence-corrected chi connectivity index (χ3v) is 7.75. The van der Waals surface area contributed by atoms with Crippen LogP contribution in [0.15, 0.2) is 102 Å². The van der Waals surface area contributed by atoms with Gasteiger partial charge in [0.1, 0.15) is 18.1 Å². The number of anilines is 1. The molecule has 5 aromatic rings. The number of azide groups is 1. The Morgan fingerprint density at radius 3 is 2.51 bits per heavy atom. The first-order chi connectivity index (χ1) is 23.9. The van der Waals surface area contributed by atoms with Gasteiger partial charge in [0.25, 0.3) is 17.7 Å². The maximum absolute atomic E-state index is 13.7. The first-order valence-electron chi connectivity index (χ1n) is 15.1. The molecule has 0 saturated carbocycles. The molecule has 3 atom stereocenters. The van der Waals surface area contributed by atoms with E-state index in [2.05, 4.69) is 46.3 Å². The predicted octanol–water partition coefficient (Wildman–Crippen LogP) is 3.72. The molecule has 3 heterocycles. The van der Waals surface area contributed by atoms with Crippen LogP contribution in [0.3, 0.4) is 0 Å². The van der Waals surface area contributed by atoms with E-state index in [9.17, 15) is 19.5 Å². The van der Waals surface area contributed by atoms with Gasteiger partial charge in [-0.2, -0.15) is 5.21 Å². The zero-order valence-corrected chi connectivity index (χ0v) is 25.7. The summed E-state index contributed by atoms with van der Waals surface area (Å²) in [6, 6.07) is 25.9. The van der Waals surface area contributed by atoms with Gasteiger partial charge >= 0.3 is 0 Å². The fourth-order valence-electron chi connectivity index (χ4n) is 5.36. The number of amides is 3. The summed E-state index contributed by atoms with van der Waals surface area (Å²) in [6.45, 7) is 0.257. The monoisotopic (exact) mass is 659 g/mol. The molecule has 1 aliphatic heterocycles. The number of hydrogen-bond donors (Lipinski definition) is 4. The molecule has 3 amide bonds. The molecule has 1 fully saturated rings. The molecule has 2 aromatic heterocycles. The second-order valence-electron chi connectivity index (χ2n) is 11.0. The molecule has 3 aromatic carbocycles. The zero-order valence-electron chi connectivity index (χ0n) is 25.7. The molecule has 0 radical (unpaired) electrons. The van der Waals surface area contributed by atoms with Crippen molar-refractivity contribution in [1.82, 2.24) is 35.8 Å². The molecule has 246 valence electrons. The number of rotatable bonds is 11. The molecule has 16 heteroatoms.